The molecule has 1 atom stereocenters. The molecule has 5 rings (SSSR count). The molecule has 176 valence electrons. The standard InChI is InChI=1S/C27H30N4O3/c1-17-8-13-24-22(15-17)25(21-6-2-3-7-23(21)31-24)26(32)29-18-9-11-19(12-10-18)30-27(33)28-16-20-5-4-14-34-20/h8-13,15,20H,2-7,14,16H2,1H3,(H,29,32)(H2,28,30,33). The Morgan fingerprint density at radius 2 is 1.76 bits per heavy atom. The number of urea groups is 1. The first-order chi connectivity index (χ1) is 16.6. The minimum atomic E-state index is -0.266. The number of pyridine rings is 1. The topological polar surface area (TPSA) is 92.4 Å². The van der Waals surface area contributed by atoms with Gasteiger partial charge in [-0.25, -0.2) is 4.79 Å². The van der Waals surface area contributed by atoms with E-state index < -0.39 is 0 Å². The fraction of sp³-hybridized carbons (Fsp3) is 0.370. The average Bonchev–Trinajstić information content (AvgIpc) is 3.36. The number of amides is 3. The maximum atomic E-state index is 13.5. The van der Waals surface area contributed by atoms with Gasteiger partial charge in [0.2, 0.25) is 0 Å². The summed E-state index contributed by atoms with van der Waals surface area (Å²) in [6, 6.07) is 13.0. The van der Waals surface area contributed by atoms with Gasteiger partial charge in [0.25, 0.3) is 5.91 Å². The summed E-state index contributed by atoms with van der Waals surface area (Å²) in [5.41, 5.74) is 6.16. The summed E-state index contributed by atoms with van der Waals surface area (Å²) in [4.78, 5) is 30.5. The second-order valence-corrected chi connectivity index (χ2v) is 9.14. The number of hydrogen-bond donors (Lipinski definition) is 3. The number of hydrogen-bond acceptors (Lipinski definition) is 4. The fourth-order valence-corrected chi connectivity index (χ4v) is 4.81. The maximum absolute atomic E-state index is 13.5. The number of aromatic nitrogens is 1. The fourth-order valence-electron chi connectivity index (χ4n) is 4.81. The van der Waals surface area contributed by atoms with Crippen molar-refractivity contribution in [3.63, 3.8) is 0 Å². The minimum Gasteiger partial charge on any atom is -0.376 e. The SMILES string of the molecule is Cc1ccc2nc3c(c(C(=O)Nc4ccc(NC(=O)NCC5CCCO5)cc4)c2c1)CCCC3. The number of nitrogens with zero attached hydrogens (tertiary/aromatic N) is 1. The number of nitrogens with one attached hydrogen (secondary N) is 3. The lowest BCUT2D eigenvalue weighted by atomic mass is 9.89. The van der Waals surface area contributed by atoms with Crippen LogP contribution in [0.4, 0.5) is 16.2 Å². The van der Waals surface area contributed by atoms with E-state index in [4.69, 9.17) is 9.72 Å². The first-order valence-corrected chi connectivity index (χ1v) is 12.1. The summed E-state index contributed by atoms with van der Waals surface area (Å²) in [6.07, 6.45) is 6.08. The number of aryl methyl sites for hydroxylation is 2. The van der Waals surface area contributed by atoms with E-state index in [1.807, 2.05) is 25.1 Å². The van der Waals surface area contributed by atoms with E-state index >= 15 is 0 Å². The van der Waals surface area contributed by atoms with Gasteiger partial charge < -0.3 is 20.7 Å². The molecule has 0 radical (unpaired) electrons. The zero-order valence-corrected chi connectivity index (χ0v) is 19.4. The van der Waals surface area contributed by atoms with Crippen molar-refractivity contribution in [2.75, 3.05) is 23.8 Å². The van der Waals surface area contributed by atoms with Crippen molar-refractivity contribution in [2.24, 2.45) is 0 Å². The highest BCUT2D eigenvalue weighted by molar-refractivity contribution is 6.13. The molecule has 1 aliphatic heterocycles. The molecular weight excluding hydrogens is 428 g/mol. The zero-order valence-electron chi connectivity index (χ0n) is 19.4. The van der Waals surface area contributed by atoms with Gasteiger partial charge in [0.1, 0.15) is 0 Å². The van der Waals surface area contributed by atoms with Crippen LogP contribution in [0, 0.1) is 6.92 Å². The van der Waals surface area contributed by atoms with E-state index in [1.165, 1.54) is 0 Å². The molecule has 1 aromatic heterocycles. The Kier molecular flexibility index (Phi) is 6.45. The van der Waals surface area contributed by atoms with E-state index in [1.54, 1.807) is 24.3 Å². The molecule has 1 aliphatic carbocycles. The van der Waals surface area contributed by atoms with Crippen LogP contribution in [0.2, 0.25) is 0 Å². The number of anilines is 2. The monoisotopic (exact) mass is 458 g/mol. The van der Waals surface area contributed by atoms with Crippen LogP contribution in [0.5, 0.6) is 0 Å². The predicted octanol–water partition coefficient (Wildman–Crippen LogP) is 4.97. The van der Waals surface area contributed by atoms with Crippen molar-refractivity contribution in [2.45, 2.75) is 51.6 Å². The molecule has 7 nitrogen and oxygen atoms in total. The van der Waals surface area contributed by atoms with Crippen molar-refractivity contribution < 1.29 is 14.3 Å². The van der Waals surface area contributed by atoms with Gasteiger partial charge in [-0.15, -0.1) is 0 Å². The Bertz CT molecular complexity index is 1220. The number of carbonyl (C=O) groups is 2. The summed E-state index contributed by atoms with van der Waals surface area (Å²) < 4.78 is 5.52. The number of ether oxygens (including phenoxy) is 1. The third-order valence-electron chi connectivity index (χ3n) is 6.56. The summed E-state index contributed by atoms with van der Waals surface area (Å²) in [5.74, 6) is -0.119. The largest absolute Gasteiger partial charge is 0.376 e. The molecule has 3 N–H and O–H groups in total. The summed E-state index contributed by atoms with van der Waals surface area (Å²) in [7, 11) is 0. The Labute approximate surface area is 199 Å². The highest BCUT2D eigenvalue weighted by Crippen LogP contribution is 2.30. The van der Waals surface area contributed by atoms with E-state index in [-0.39, 0.29) is 18.0 Å². The van der Waals surface area contributed by atoms with E-state index in [0.717, 1.165) is 78.4 Å². The molecule has 1 unspecified atom stereocenters. The number of fused-ring (bicyclic) bond motifs is 2. The third kappa shape index (κ3) is 4.89. The quantitative estimate of drug-likeness (QED) is 0.503. The third-order valence-corrected chi connectivity index (χ3v) is 6.56. The summed E-state index contributed by atoms with van der Waals surface area (Å²) in [5, 5.41) is 9.62. The van der Waals surface area contributed by atoms with Crippen molar-refractivity contribution in [1.29, 1.82) is 0 Å². The minimum absolute atomic E-state index is 0.0992. The lowest BCUT2D eigenvalue weighted by molar-refractivity contribution is 0.102. The lowest BCUT2D eigenvalue weighted by Gasteiger charge is -2.20. The average molecular weight is 459 g/mol. The van der Waals surface area contributed by atoms with E-state index in [2.05, 4.69) is 16.0 Å². The highest BCUT2D eigenvalue weighted by Gasteiger charge is 2.23. The van der Waals surface area contributed by atoms with Crippen molar-refractivity contribution in [1.82, 2.24) is 10.3 Å². The van der Waals surface area contributed by atoms with Crippen molar-refractivity contribution in [3.05, 3.63) is 64.8 Å². The number of rotatable bonds is 5. The Balaban J connectivity index is 1.30. The number of carbonyl (C=O) groups excluding carboxylic acids is 2. The van der Waals surface area contributed by atoms with Crippen molar-refractivity contribution in [3.8, 4) is 0 Å². The van der Waals surface area contributed by atoms with E-state index in [0.29, 0.717) is 17.9 Å². The Morgan fingerprint density at radius 1 is 1.00 bits per heavy atom. The molecule has 1 fully saturated rings. The summed E-state index contributed by atoms with van der Waals surface area (Å²) >= 11 is 0. The van der Waals surface area contributed by atoms with Gasteiger partial charge >= 0.3 is 6.03 Å². The van der Waals surface area contributed by atoms with Gasteiger partial charge in [-0.3, -0.25) is 9.78 Å². The van der Waals surface area contributed by atoms with Crippen LogP contribution < -0.4 is 16.0 Å². The van der Waals surface area contributed by atoms with Crippen LogP contribution in [0.1, 0.15) is 52.9 Å². The maximum Gasteiger partial charge on any atom is 0.319 e. The molecule has 2 aliphatic rings. The molecule has 34 heavy (non-hydrogen) atoms. The molecule has 2 heterocycles. The molecular formula is C27H30N4O3. The van der Waals surface area contributed by atoms with Gasteiger partial charge in [-0.2, -0.15) is 0 Å². The smallest absolute Gasteiger partial charge is 0.319 e. The van der Waals surface area contributed by atoms with Crippen LogP contribution in [-0.2, 0) is 17.6 Å². The van der Waals surface area contributed by atoms with Crippen LogP contribution in [0.3, 0.4) is 0 Å². The first-order valence-electron chi connectivity index (χ1n) is 12.1. The normalized spacial score (nSPS) is 17.3. The molecule has 1 saturated heterocycles. The van der Waals surface area contributed by atoms with Crippen LogP contribution in [0.15, 0.2) is 42.5 Å². The van der Waals surface area contributed by atoms with Crippen molar-refractivity contribution >= 4 is 34.2 Å². The molecule has 2 aromatic carbocycles. The zero-order chi connectivity index (χ0) is 23.5. The van der Waals surface area contributed by atoms with E-state index in [9.17, 15) is 9.59 Å². The Hall–Kier alpha value is -3.45. The second kappa shape index (κ2) is 9.81. The van der Waals surface area contributed by atoms with Crippen LogP contribution >= 0.6 is 0 Å². The predicted molar refractivity (Wildman–Crippen MR) is 134 cm³/mol. The first kappa shape index (κ1) is 22.3. The summed E-state index contributed by atoms with van der Waals surface area (Å²) in [6.45, 7) is 3.30. The molecule has 0 spiro atoms. The van der Waals surface area contributed by atoms with Crippen LogP contribution in [0.25, 0.3) is 10.9 Å². The van der Waals surface area contributed by atoms with Gasteiger partial charge in [0.05, 0.1) is 17.2 Å². The molecule has 3 aromatic rings. The van der Waals surface area contributed by atoms with Gasteiger partial charge in [0, 0.05) is 35.6 Å². The van der Waals surface area contributed by atoms with Gasteiger partial charge in [0.15, 0.2) is 0 Å². The molecule has 7 heteroatoms. The molecule has 0 saturated carbocycles. The molecule has 0 bridgehead atoms. The van der Waals surface area contributed by atoms with Crippen LogP contribution in [-0.4, -0.2) is 36.2 Å². The van der Waals surface area contributed by atoms with Gasteiger partial charge in [-0.1, -0.05) is 11.6 Å². The highest BCUT2D eigenvalue weighted by atomic mass is 16.5. The lowest BCUT2D eigenvalue weighted by Crippen LogP contribution is -2.35. The Morgan fingerprint density at radius 3 is 2.53 bits per heavy atom. The number of benzene rings is 2. The van der Waals surface area contributed by atoms with Gasteiger partial charge in [-0.05, 0) is 87.4 Å². The molecule has 3 amide bonds. The second-order valence-electron chi connectivity index (χ2n) is 9.14.